The molecule has 0 saturated carbocycles. The summed E-state index contributed by atoms with van der Waals surface area (Å²) in [6.07, 6.45) is 5.71. The van der Waals surface area contributed by atoms with Crippen molar-refractivity contribution in [2.45, 2.75) is 6.54 Å². The maximum Gasteiger partial charge on any atom is 0.118 e. The Labute approximate surface area is 166 Å². The first kappa shape index (κ1) is 17.5. The van der Waals surface area contributed by atoms with Crippen molar-refractivity contribution in [3.63, 3.8) is 0 Å². The highest BCUT2D eigenvalue weighted by atomic mass is 79.9. The van der Waals surface area contributed by atoms with Gasteiger partial charge in [0.1, 0.15) is 11.4 Å². The first-order valence-corrected chi connectivity index (χ1v) is 9.39. The lowest BCUT2D eigenvalue weighted by molar-refractivity contribution is 0.414. The van der Waals surface area contributed by atoms with Gasteiger partial charge in [-0.2, -0.15) is 5.10 Å². The number of halogens is 1. The zero-order valence-corrected chi connectivity index (χ0v) is 16.4. The van der Waals surface area contributed by atoms with Crippen molar-refractivity contribution >= 4 is 15.9 Å². The molecule has 0 N–H and O–H groups in total. The average molecular weight is 420 g/mol. The summed E-state index contributed by atoms with van der Waals surface area (Å²) in [6.45, 7) is 0.691. The minimum atomic E-state index is 0.691. The molecule has 0 saturated heterocycles. The molecule has 27 heavy (non-hydrogen) atoms. The van der Waals surface area contributed by atoms with Gasteiger partial charge in [-0.3, -0.25) is 9.67 Å². The topological polar surface area (TPSA) is 39.9 Å². The van der Waals surface area contributed by atoms with E-state index in [2.05, 4.69) is 51.4 Å². The molecule has 134 valence electrons. The molecule has 2 aromatic carbocycles. The van der Waals surface area contributed by atoms with Crippen LogP contribution in [0.2, 0.25) is 0 Å². The van der Waals surface area contributed by atoms with Crippen LogP contribution in [0.3, 0.4) is 0 Å². The predicted molar refractivity (Wildman–Crippen MR) is 111 cm³/mol. The summed E-state index contributed by atoms with van der Waals surface area (Å²) >= 11 is 3.56. The van der Waals surface area contributed by atoms with Gasteiger partial charge in [-0.05, 0) is 47.5 Å². The number of benzene rings is 2. The van der Waals surface area contributed by atoms with Crippen LogP contribution in [0, 0.1) is 0 Å². The van der Waals surface area contributed by atoms with Gasteiger partial charge in [0.2, 0.25) is 0 Å². The number of aromatic nitrogens is 3. The number of rotatable bonds is 5. The number of hydrogen-bond acceptors (Lipinski definition) is 3. The summed E-state index contributed by atoms with van der Waals surface area (Å²) < 4.78 is 8.25. The Morgan fingerprint density at radius 2 is 1.74 bits per heavy atom. The molecule has 4 nitrogen and oxygen atoms in total. The second kappa shape index (κ2) is 7.76. The lowest BCUT2D eigenvalue weighted by atomic mass is 10.0. The van der Waals surface area contributed by atoms with Crippen molar-refractivity contribution in [2.75, 3.05) is 7.11 Å². The second-order valence-corrected chi connectivity index (χ2v) is 7.10. The molecule has 0 radical (unpaired) electrons. The minimum absolute atomic E-state index is 0.691. The highest BCUT2D eigenvalue weighted by Gasteiger charge is 2.14. The standard InChI is InChI=1S/C22H18BrN3O/c1-27-20-7-5-16(6-8-20)14-26-15-21(17-9-11-24-12-10-17)22(25-26)18-3-2-4-19(23)13-18/h2-13,15H,14H2,1H3. The lowest BCUT2D eigenvalue weighted by Gasteiger charge is -2.04. The molecule has 0 amide bonds. The Kier molecular flexibility index (Phi) is 5.03. The first-order valence-electron chi connectivity index (χ1n) is 8.59. The van der Waals surface area contributed by atoms with Gasteiger partial charge in [0, 0.05) is 34.2 Å². The van der Waals surface area contributed by atoms with Crippen molar-refractivity contribution in [1.29, 1.82) is 0 Å². The number of methoxy groups -OCH3 is 1. The Bertz CT molecular complexity index is 1040. The molecule has 5 heteroatoms. The van der Waals surface area contributed by atoms with E-state index < -0.39 is 0 Å². The van der Waals surface area contributed by atoms with Gasteiger partial charge in [0.15, 0.2) is 0 Å². The summed E-state index contributed by atoms with van der Waals surface area (Å²) in [7, 11) is 1.67. The molecular weight excluding hydrogens is 402 g/mol. The predicted octanol–water partition coefficient (Wildman–Crippen LogP) is 5.43. The maximum atomic E-state index is 5.24. The Morgan fingerprint density at radius 3 is 2.44 bits per heavy atom. The molecule has 0 spiro atoms. The highest BCUT2D eigenvalue weighted by Crippen LogP contribution is 2.32. The third-order valence-electron chi connectivity index (χ3n) is 4.35. The molecule has 0 fully saturated rings. The zero-order chi connectivity index (χ0) is 18.6. The third-order valence-corrected chi connectivity index (χ3v) is 4.85. The normalized spacial score (nSPS) is 10.7. The quantitative estimate of drug-likeness (QED) is 0.432. The lowest BCUT2D eigenvalue weighted by Crippen LogP contribution is -2.00. The van der Waals surface area contributed by atoms with E-state index in [1.807, 2.05) is 41.1 Å². The van der Waals surface area contributed by atoms with Crippen LogP contribution < -0.4 is 4.74 Å². The molecule has 0 atom stereocenters. The molecule has 0 unspecified atom stereocenters. The summed E-state index contributed by atoms with van der Waals surface area (Å²) in [5, 5.41) is 4.88. The van der Waals surface area contributed by atoms with Crippen LogP contribution in [0.4, 0.5) is 0 Å². The second-order valence-electron chi connectivity index (χ2n) is 6.18. The third kappa shape index (κ3) is 3.93. The molecule has 2 heterocycles. The minimum Gasteiger partial charge on any atom is -0.497 e. The fraction of sp³-hybridized carbons (Fsp3) is 0.0909. The molecule has 4 aromatic rings. The number of ether oxygens (including phenoxy) is 1. The summed E-state index contributed by atoms with van der Waals surface area (Å²) in [6, 6.07) is 20.3. The molecule has 0 bridgehead atoms. The fourth-order valence-electron chi connectivity index (χ4n) is 3.01. The van der Waals surface area contributed by atoms with Crippen LogP contribution in [-0.4, -0.2) is 21.9 Å². The van der Waals surface area contributed by atoms with Gasteiger partial charge in [-0.25, -0.2) is 0 Å². The van der Waals surface area contributed by atoms with E-state index in [1.165, 1.54) is 5.56 Å². The van der Waals surface area contributed by atoms with Crippen LogP contribution in [-0.2, 0) is 6.54 Å². The van der Waals surface area contributed by atoms with Gasteiger partial charge in [-0.1, -0.05) is 40.2 Å². The molecule has 0 aliphatic carbocycles. The highest BCUT2D eigenvalue weighted by molar-refractivity contribution is 9.10. The van der Waals surface area contributed by atoms with Crippen molar-refractivity contribution < 1.29 is 4.74 Å². The molecule has 0 aliphatic heterocycles. The summed E-state index contributed by atoms with van der Waals surface area (Å²) in [5.41, 5.74) is 5.38. The monoisotopic (exact) mass is 419 g/mol. The van der Waals surface area contributed by atoms with E-state index in [0.29, 0.717) is 6.54 Å². The van der Waals surface area contributed by atoms with Crippen molar-refractivity contribution in [3.8, 4) is 28.1 Å². The van der Waals surface area contributed by atoms with Gasteiger partial charge in [0.25, 0.3) is 0 Å². The van der Waals surface area contributed by atoms with Gasteiger partial charge in [-0.15, -0.1) is 0 Å². The van der Waals surface area contributed by atoms with Gasteiger partial charge in [0.05, 0.1) is 13.7 Å². The van der Waals surface area contributed by atoms with E-state index in [4.69, 9.17) is 9.84 Å². The zero-order valence-electron chi connectivity index (χ0n) is 14.8. The van der Waals surface area contributed by atoms with Crippen molar-refractivity contribution in [3.05, 3.63) is 89.3 Å². The van der Waals surface area contributed by atoms with Gasteiger partial charge >= 0.3 is 0 Å². The molecule has 2 aromatic heterocycles. The fourth-order valence-corrected chi connectivity index (χ4v) is 3.41. The Morgan fingerprint density at radius 1 is 0.963 bits per heavy atom. The number of pyridine rings is 1. The maximum absolute atomic E-state index is 5.24. The number of nitrogens with zero attached hydrogens (tertiary/aromatic N) is 3. The van der Waals surface area contributed by atoms with Crippen LogP contribution >= 0.6 is 15.9 Å². The van der Waals surface area contributed by atoms with Crippen LogP contribution in [0.15, 0.2) is 83.7 Å². The first-order chi connectivity index (χ1) is 13.2. The van der Waals surface area contributed by atoms with E-state index >= 15 is 0 Å². The Hall–Kier alpha value is -2.92. The van der Waals surface area contributed by atoms with Crippen LogP contribution in [0.25, 0.3) is 22.4 Å². The SMILES string of the molecule is COc1ccc(Cn2cc(-c3ccncc3)c(-c3cccc(Br)c3)n2)cc1. The van der Waals surface area contributed by atoms with E-state index in [-0.39, 0.29) is 0 Å². The molecular formula is C22H18BrN3O. The van der Waals surface area contributed by atoms with E-state index in [0.717, 1.165) is 32.6 Å². The largest absolute Gasteiger partial charge is 0.497 e. The van der Waals surface area contributed by atoms with Gasteiger partial charge < -0.3 is 4.74 Å². The van der Waals surface area contributed by atoms with E-state index in [9.17, 15) is 0 Å². The summed E-state index contributed by atoms with van der Waals surface area (Å²) in [4.78, 5) is 4.13. The Balaban J connectivity index is 1.75. The molecule has 4 rings (SSSR count). The van der Waals surface area contributed by atoms with Crippen molar-refractivity contribution in [2.24, 2.45) is 0 Å². The smallest absolute Gasteiger partial charge is 0.118 e. The number of hydrogen-bond donors (Lipinski definition) is 0. The molecule has 0 aliphatic rings. The van der Waals surface area contributed by atoms with E-state index in [1.54, 1.807) is 19.5 Å². The van der Waals surface area contributed by atoms with Crippen molar-refractivity contribution in [1.82, 2.24) is 14.8 Å². The summed E-state index contributed by atoms with van der Waals surface area (Å²) in [5.74, 6) is 0.853. The van der Waals surface area contributed by atoms with Crippen LogP contribution in [0.1, 0.15) is 5.56 Å². The van der Waals surface area contributed by atoms with Crippen LogP contribution in [0.5, 0.6) is 5.75 Å². The average Bonchev–Trinajstić information content (AvgIpc) is 3.13.